The molecule has 1 rings (SSSR count). The van der Waals surface area contributed by atoms with E-state index in [1.54, 1.807) is 13.2 Å². The first-order chi connectivity index (χ1) is 6.72. The Bertz CT molecular complexity index is 298. The van der Waals surface area contributed by atoms with Gasteiger partial charge < -0.3 is 0 Å². The largest absolute Gasteiger partial charge is 0.295 e. The summed E-state index contributed by atoms with van der Waals surface area (Å²) >= 11 is 0. The Labute approximate surface area is 80.3 Å². The summed E-state index contributed by atoms with van der Waals surface area (Å²) in [5, 5.41) is 7.85. The fraction of sp³-hybridized carbons (Fsp3) is 0.500. The van der Waals surface area contributed by atoms with Gasteiger partial charge in [-0.25, -0.2) is 11.3 Å². The van der Waals surface area contributed by atoms with Crippen LogP contribution in [0.4, 0.5) is 0 Å². The lowest BCUT2D eigenvalue weighted by Crippen LogP contribution is -2.39. The molecule has 1 aromatic rings. The summed E-state index contributed by atoms with van der Waals surface area (Å²) in [4.78, 5) is 16.4. The first-order valence-electron chi connectivity index (χ1n) is 3.91. The molecule has 0 aliphatic heterocycles. The zero-order valence-electron chi connectivity index (χ0n) is 7.73. The van der Waals surface area contributed by atoms with E-state index in [4.69, 9.17) is 5.90 Å². The molecule has 4 N–H and O–H groups in total. The predicted molar refractivity (Wildman–Crippen MR) is 46.1 cm³/mol. The summed E-state index contributed by atoms with van der Waals surface area (Å²) in [6.07, 6.45) is 1.60. The second-order valence-electron chi connectivity index (χ2n) is 2.54. The van der Waals surface area contributed by atoms with Gasteiger partial charge in [0.1, 0.15) is 6.61 Å². The average Bonchev–Trinajstić information content (AvgIpc) is 2.52. The van der Waals surface area contributed by atoms with Crippen LogP contribution in [0.1, 0.15) is 5.69 Å². The van der Waals surface area contributed by atoms with Crippen molar-refractivity contribution < 1.29 is 9.63 Å². The summed E-state index contributed by atoms with van der Waals surface area (Å²) in [6.45, 7) is 0.206. The highest BCUT2D eigenvalue weighted by atomic mass is 16.6. The third-order valence-electron chi connectivity index (χ3n) is 1.36. The fourth-order valence-corrected chi connectivity index (χ4v) is 0.814. The molecule has 0 aromatic carbocycles. The monoisotopic (exact) mass is 200 g/mol. The number of hydrazine groups is 1. The van der Waals surface area contributed by atoms with Crippen LogP contribution in [0.25, 0.3) is 0 Å². The van der Waals surface area contributed by atoms with Crippen LogP contribution < -0.4 is 16.7 Å². The third-order valence-corrected chi connectivity index (χ3v) is 1.36. The van der Waals surface area contributed by atoms with Crippen LogP contribution in [-0.2, 0) is 23.2 Å². The summed E-state index contributed by atoms with van der Waals surface area (Å²) < 4.78 is 0. The van der Waals surface area contributed by atoms with Gasteiger partial charge in [-0.05, 0) is 0 Å². The molecule has 0 unspecified atom stereocenters. The Hall–Kier alpha value is -1.51. The van der Waals surface area contributed by atoms with Gasteiger partial charge in [0, 0.05) is 7.05 Å². The van der Waals surface area contributed by atoms with Crippen LogP contribution in [0.5, 0.6) is 0 Å². The zero-order chi connectivity index (χ0) is 10.4. The molecule has 0 atom stereocenters. The maximum atomic E-state index is 10.8. The molecule has 78 valence electrons. The number of nitrogens with zero attached hydrogens (tertiary/aromatic N) is 3. The zero-order valence-corrected chi connectivity index (χ0v) is 7.73. The van der Waals surface area contributed by atoms with E-state index in [1.165, 1.54) is 4.80 Å². The fourth-order valence-electron chi connectivity index (χ4n) is 0.814. The molecule has 1 aromatic heterocycles. The Morgan fingerprint density at radius 2 is 2.57 bits per heavy atom. The van der Waals surface area contributed by atoms with Crippen molar-refractivity contribution in [1.29, 1.82) is 0 Å². The van der Waals surface area contributed by atoms with Crippen LogP contribution in [-0.4, -0.2) is 27.5 Å². The van der Waals surface area contributed by atoms with E-state index in [2.05, 4.69) is 25.9 Å². The van der Waals surface area contributed by atoms with Gasteiger partial charge in [-0.3, -0.25) is 15.1 Å². The highest BCUT2D eigenvalue weighted by Gasteiger charge is 2.00. The lowest BCUT2D eigenvalue weighted by molar-refractivity contribution is -0.126. The molecule has 0 aliphatic rings. The molecule has 0 saturated heterocycles. The van der Waals surface area contributed by atoms with Crippen LogP contribution >= 0.6 is 0 Å². The molecular formula is C6H12N6O2. The molecule has 0 aliphatic carbocycles. The topological polar surface area (TPSA) is 107 Å². The minimum Gasteiger partial charge on any atom is -0.295 e. The van der Waals surface area contributed by atoms with E-state index in [9.17, 15) is 4.79 Å². The quantitative estimate of drug-likeness (QED) is 0.467. The third kappa shape index (κ3) is 3.47. The lowest BCUT2D eigenvalue weighted by Gasteiger charge is -2.03. The minimum absolute atomic E-state index is 0.187. The number of rotatable bonds is 5. The van der Waals surface area contributed by atoms with Crippen molar-refractivity contribution >= 4 is 5.91 Å². The van der Waals surface area contributed by atoms with Crippen LogP contribution in [0.15, 0.2) is 6.20 Å². The number of carbonyl (C=O) groups excluding carboxylic acids is 1. The molecule has 0 radical (unpaired) electrons. The summed E-state index contributed by atoms with van der Waals surface area (Å²) in [5.41, 5.74) is 5.74. The molecule has 0 spiro atoms. The number of nitrogens with one attached hydrogen (secondary N) is 2. The van der Waals surface area contributed by atoms with E-state index >= 15 is 0 Å². The van der Waals surface area contributed by atoms with Gasteiger partial charge in [-0.15, -0.1) is 0 Å². The van der Waals surface area contributed by atoms with Crippen molar-refractivity contribution in [3.63, 3.8) is 0 Å². The normalized spacial score (nSPS) is 10.1. The second kappa shape index (κ2) is 5.27. The highest BCUT2D eigenvalue weighted by molar-refractivity contribution is 5.76. The maximum absolute atomic E-state index is 10.8. The van der Waals surface area contributed by atoms with E-state index < -0.39 is 0 Å². The van der Waals surface area contributed by atoms with E-state index in [1.807, 2.05) is 0 Å². The molecular weight excluding hydrogens is 188 g/mol. The number of carbonyl (C=O) groups is 1. The average molecular weight is 200 g/mol. The number of nitrogens with two attached hydrogens (primary N) is 1. The first-order valence-corrected chi connectivity index (χ1v) is 3.91. The first kappa shape index (κ1) is 10.6. The molecule has 8 heteroatoms. The molecule has 14 heavy (non-hydrogen) atoms. The molecule has 8 nitrogen and oxygen atoms in total. The Morgan fingerprint density at radius 3 is 3.14 bits per heavy atom. The molecule has 0 saturated carbocycles. The molecule has 1 heterocycles. The van der Waals surface area contributed by atoms with E-state index in [-0.39, 0.29) is 12.5 Å². The summed E-state index contributed by atoms with van der Waals surface area (Å²) in [7, 11) is 1.71. The van der Waals surface area contributed by atoms with Gasteiger partial charge in [-0.1, -0.05) is 0 Å². The second-order valence-corrected chi connectivity index (χ2v) is 2.54. The predicted octanol–water partition coefficient (Wildman–Crippen LogP) is -2.17. The van der Waals surface area contributed by atoms with E-state index in [0.717, 1.165) is 5.69 Å². The minimum atomic E-state index is -0.351. The maximum Gasteiger partial charge on any atom is 0.262 e. The van der Waals surface area contributed by atoms with Gasteiger partial charge in [0.05, 0.1) is 18.4 Å². The Kier molecular flexibility index (Phi) is 3.98. The Morgan fingerprint density at radius 1 is 1.79 bits per heavy atom. The number of aryl methyl sites for hydroxylation is 1. The lowest BCUT2D eigenvalue weighted by atomic mass is 10.5. The Balaban J connectivity index is 2.18. The van der Waals surface area contributed by atoms with Gasteiger partial charge in [0.15, 0.2) is 0 Å². The van der Waals surface area contributed by atoms with Crippen molar-refractivity contribution in [2.24, 2.45) is 12.9 Å². The van der Waals surface area contributed by atoms with Gasteiger partial charge in [-0.2, -0.15) is 15.0 Å². The van der Waals surface area contributed by atoms with Crippen molar-refractivity contribution in [3.05, 3.63) is 11.9 Å². The SMILES string of the molecule is Cn1ncc(CNNC(=O)CON)n1. The standard InChI is InChI=1S/C6H12N6O2/c1-12-9-3-5(11-12)2-8-10-6(13)4-14-7/h3,8H,2,4,7H2,1H3,(H,10,13). The van der Waals surface area contributed by atoms with Crippen LogP contribution in [0.3, 0.4) is 0 Å². The number of aromatic nitrogens is 3. The van der Waals surface area contributed by atoms with Crippen LogP contribution in [0, 0.1) is 0 Å². The van der Waals surface area contributed by atoms with Crippen molar-refractivity contribution in [2.75, 3.05) is 6.61 Å². The molecule has 0 fully saturated rings. The molecule has 0 bridgehead atoms. The van der Waals surface area contributed by atoms with Crippen molar-refractivity contribution in [3.8, 4) is 0 Å². The van der Waals surface area contributed by atoms with Gasteiger partial charge in [0.25, 0.3) is 5.91 Å². The van der Waals surface area contributed by atoms with Crippen molar-refractivity contribution in [2.45, 2.75) is 6.54 Å². The smallest absolute Gasteiger partial charge is 0.262 e. The van der Waals surface area contributed by atoms with Gasteiger partial charge in [0.2, 0.25) is 0 Å². The van der Waals surface area contributed by atoms with Crippen molar-refractivity contribution in [1.82, 2.24) is 25.8 Å². The number of hydrogen-bond acceptors (Lipinski definition) is 6. The van der Waals surface area contributed by atoms with Gasteiger partial charge >= 0.3 is 0 Å². The van der Waals surface area contributed by atoms with Crippen LogP contribution in [0.2, 0.25) is 0 Å². The summed E-state index contributed by atoms with van der Waals surface area (Å²) in [5.74, 6) is 4.35. The summed E-state index contributed by atoms with van der Waals surface area (Å²) in [6, 6.07) is 0. The number of amides is 1. The number of hydrogen-bond donors (Lipinski definition) is 3. The van der Waals surface area contributed by atoms with E-state index in [0.29, 0.717) is 6.54 Å². The highest BCUT2D eigenvalue weighted by Crippen LogP contribution is 1.87. The molecule has 1 amide bonds.